The zero-order valence-corrected chi connectivity index (χ0v) is 12.0. The molecular formula is C16H25NO. The molecule has 3 atom stereocenters. The minimum Gasteiger partial charge on any atom is -0.376 e. The molecule has 2 rings (SSSR count). The third-order valence-corrected chi connectivity index (χ3v) is 3.97. The number of hydrogen-bond acceptors (Lipinski definition) is 2. The van der Waals surface area contributed by atoms with Crippen molar-refractivity contribution in [1.82, 2.24) is 5.32 Å². The Morgan fingerprint density at radius 3 is 2.78 bits per heavy atom. The fourth-order valence-corrected chi connectivity index (χ4v) is 2.86. The normalized spacial score (nSPS) is 25.3. The summed E-state index contributed by atoms with van der Waals surface area (Å²) in [5.41, 5.74) is 4.08. The van der Waals surface area contributed by atoms with Crippen LogP contribution in [0.1, 0.15) is 43.0 Å². The van der Waals surface area contributed by atoms with Crippen molar-refractivity contribution in [2.45, 2.75) is 46.3 Å². The molecule has 0 saturated carbocycles. The lowest BCUT2D eigenvalue weighted by molar-refractivity contribution is 0.0610. The van der Waals surface area contributed by atoms with Crippen LogP contribution in [0.3, 0.4) is 0 Å². The van der Waals surface area contributed by atoms with Crippen LogP contribution in [-0.4, -0.2) is 19.3 Å². The van der Waals surface area contributed by atoms with Crippen LogP contribution in [0, 0.1) is 19.8 Å². The lowest BCUT2D eigenvalue weighted by Crippen LogP contribution is -2.35. The van der Waals surface area contributed by atoms with Crippen LogP contribution in [0.5, 0.6) is 0 Å². The molecule has 1 aromatic carbocycles. The summed E-state index contributed by atoms with van der Waals surface area (Å²) in [6, 6.07) is 7.03. The summed E-state index contributed by atoms with van der Waals surface area (Å²) in [4.78, 5) is 0. The molecule has 1 aliphatic heterocycles. The third kappa shape index (κ3) is 2.76. The SMILES string of the molecule is CCNC(c1cc(C)ccc1C)C1OCCC1C. The van der Waals surface area contributed by atoms with Crippen molar-refractivity contribution < 1.29 is 4.74 Å². The summed E-state index contributed by atoms with van der Waals surface area (Å²) in [7, 11) is 0. The summed E-state index contributed by atoms with van der Waals surface area (Å²) >= 11 is 0. The fourth-order valence-electron chi connectivity index (χ4n) is 2.86. The number of aryl methyl sites for hydroxylation is 2. The van der Waals surface area contributed by atoms with E-state index in [1.807, 2.05) is 0 Å². The number of hydrogen-bond donors (Lipinski definition) is 1. The minimum absolute atomic E-state index is 0.311. The molecule has 0 aromatic heterocycles. The van der Waals surface area contributed by atoms with Gasteiger partial charge in [-0.05, 0) is 43.9 Å². The van der Waals surface area contributed by atoms with Gasteiger partial charge in [-0.15, -0.1) is 0 Å². The van der Waals surface area contributed by atoms with E-state index >= 15 is 0 Å². The molecule has 1 heterocycles. The maximum atomic E-state index is 5.97. The first kappa shape index (κ1) is 13.6. The zero-order chi connectivity index (χ0) is 13.1. The van der Waals surface area contributed by atoms with Crippen LogP contribution >= 0.6 is 0 Å². The van der Waals surface area contributed by atoms with Crippen molar-refractivity contribution in [3.05, 3.63) is 34.9 Å². The van der Waals surface area contributed by atoms with Gasteiger partial charge in [-0.1, -0.05) is 37.6 Å². The van der Waals surface area contributed by atoms with Gasteiger partial charge in [-0.3, -0.25) is 0 Å². The molecule has 1 saturated heterocycles. The topological polar surface area (TPSA) is 21.3 Å². The summed E-state index contributed by atoms with van der Waals surface area (Å²) in [6.07, 6.45) is 1.49. The van der Waals surface area contributed by atoms with E-state index in [1.54, 1.807) is 0 Å². The number of rotatable bonds is 4. The summed E-state index contributed by atoms with van der Waals surface area (Å²) in [5, 5.41) is 3.61. The Labute approximate surface area is 111 Å². The van der Waals surface area contributed by atoms with Crippen molar-refractivity contribution >= 4 is 0 Å². The van der Waals surface area contributed by atoms with Crippen LogP contribution < -0.4 is 5.32 Å². The van der Waals surface area contributed by atoms with Crippen molar-refractivity contribution in [1.29, 1.82) is 0 Å². The molecule has 2 heteroatoms. The van der Waals surface area contributed by atoms with Crippen molar-refractivity contribution in [2.24, 2.45) is 5.92 Å². The first-order chi connectivity index (χ1) is 8.63. The summed E-state index contributed by atoms with van der Waals surface area (Å²) in [5.74, 6) is 0.633. The molecule has 1 N–H and O–H groups in total. The predicted molar refractivity (Wildman–Crippen MR) is 75.9 cm³/mol. The Morgan fingerprint density at radius 2 is 2.17 bits per heavy atom. The lowest BCUT2D eigenvalue weighted by atomic mass is 9.89. The maximum Gasteiger partial charge on any atom is 0.0796 e. The van der Waals surface area contributed by atoms with E-state index in [-0.39, 0.29) is 0 Å². The van der Waals surface area contributed by atoms with Crippen molar-refractivity contribution in [2.75, 3.05) is 13.2 Å². The van der Waals surface area contributed by atoms with Gasteiger partial charge < -0.3 is 10.1 Å². The second kappa shape index (κ2) is 5.85. The monoisotopic (exact) mass is 247 g/mol. The van der Waals surface area contributed by atoms with Gasteiger partial charge in [0.05, 0.1) is 12.1 Å². The largest absolute Gasteiger partial charge is 0.376 e. The van der Waals surface area contributed by atoms with Gasteiger partial charge in [0.2, 0.25) is 0 Å². The number of nitrogens with one attached hydrogen (secondary N) is 1. The van der Waals surface area contributed by atoms with Crippen LogP contribution in [0.15, 0.2) is 18.2 Å². The van der Waals surface area contributed by atoms with Crippen LogP contribution in [0.2, 0.25) is 0 Å². The maximum absolute atomic E-state index is 5.97. The molecule has 1 aliphatic rings. The van der Waals surface area contributed by atoms with E-state index in [9.17, 15) is 0 Å². The molecule has 18 heavy (non-hydrogen) atoms. The van der Waals surface area contributed by atoms with Crippen LogP contribution in [-0.2, 0) is 4.74 Å². The van der Waals surface area contributed by atoms with Gasteiger partial charge in [0, 0.05) is 6.61 Å². The molecule has 1 fully saturated rings. The molecule has 3 unspecified atom stereocenters. The minimum atomic E-state index is 0.311. The first-order valence-electron chi connectivity index (χ1n) is 7.05. The molecule has 0 amide bonds. The zero-order valence-electron chi connectivity index (χ0n) is 12.0. The van der Waals surface area contributed by atoms with Gasteiger partial charge in [-0.25, -0.2) is 0 Å². The smallest absolute Gasteiger partial charge is 0.0796 e. The number of likely N-dealkylation sites (N-methyl/N-ethyl adjacent to an activating group) is 1. The highest BCUT2D eigenvalue weighted by Gasteiger charge is 2.33. The van der Waals surface area contributed by atoms with E-state index < -0.39 is 0 Å². The van der Waals surface area contributed by atoms with E-state index in [0.29, 0.717) is 18.1 Å². The molecular weight excluding hydrogens is 222 g/mol. The third-order valence-electron chi connectivity index (χ3n) is 3.97. The Bertz CT molecular complexity index is 402. The quantitative estimate of drug-likeness (QED) is 0.880. The number of benzene rings is 1. The van der Waals surface area contributed by atoms with Crippen LogP contribution in [0.25, 0.3) is 0 Å². The lowest BCUT2D eigenvalue weighted by Gasteiger charge is -2.28. The molecule has 2 nitrogen and oxygen atoms in total. The second-order valence-electron chi connectivity index (χ2n) is 5.50. The highest BCUT2D eigenvalue weighted by Crippen LogP contribution is 2.33. The second-order valence-corrected chi connectivity index (χ2v) is 5.50. The standard InChI is InChI=1S/C16H25NO/c1-5-17-15(16-13(4)8-9-18-16)14-10-11(2)6-7-12(14)3/h6-7,10,13,15-17H,5,8-9H2,1-4H3. The Balaban J connectivity index is 2.31. The Hall–Kier alpha value is -0.860. The van der Waals surface area contributed by atoms with Gasteiger partial charge in [0.15, 0.2) is 0 Å². The summed E-state index contributed by atoms with van der Waals surface area (Å²) < 4.78 is 5.97. The van der Waals surface area contributed by atoms with Gasteiger partial charge in [0.25, 0.3) is 0 Å². The molecule has 0 spiro atoms. The van der Waals surface area contributed by atoms with Gasteiger partial charge in [0.1, 0.15) is 0 Å². The van der Waals surface area contributed by atoms with E-state index in [1.165, 1.54) is 23.1 Å². The molecule has 0 aliphatic carbocycles. The van der Waals surface area contributed by atoms with E-state index in [2.05, 4.69) is 51.2 Å². The van der Waals surface area contributed by atoms with Crippen molar-refractivity contribution in [3.63, 3.8) is 0 Å². The van der Waals surface area contributed by atoms with E-state index in [4.69, 9.17) is 4.74 Å². The van der Waals surface area contributed by atoms with Crippen LogP contribution in [0.4, 0.5) is 0 Å². The van der Waals surface area contributed by atoms with Gasteiger partial charge in [-0.2, -0.15) is 0 Å². The fraction of sp³-hybridized carbons (Fsp3) is 0.625. The number of ether oxygens (including phenoxy) is 1. The van der Waals surface area contributed by atoms with Crippen molar-refractivity contribution in [3.8, 4) is 0 Å². The molecule has 100 valence electrons. The predicted octanol–water partition coefficient (Wildman–Crippen LogP) is 3.38. The average Bonchev–Trinajstić information content (AvgIpc) is 2.76. The molecule has 0 bridgehead atoms. The molecule has 0 radical (unpaired) electrons. The Kier molecular flexibility index (Phi) is 4.41. The average molecular weight is 247 g/mol. The van der Waals surface area contributed by atoms with Gasteiger partial charge >= 0.3 is 0 Å². The molecule has 1 aromatic rings. The first-order valence-corrected chi connectivity index (χ1v) is 7.05. The van der Waals surface area contributed by atoms with E-state index in [0.717, 1.165) is 13.2 Å². The highest BCUT2D eigenvalue weighted by molar-refractivity contribution is 5.34. The highest BCUT2D eigenvalue weighted by atomic mass is 16.5. The summed E-state index contributed by atoms with van der Waals surface area (Å²) in [6.45, 7) is 10.7. The Morgan fingerprint density at radius 1 is 1.39 bits per heavy atom.